The highest BCUT2D eigenvalue weighted by atomic mass is 35.5. The number of Topliss-reactive ketones (excluding diaryl/α,β-unsaturated/α-hetero) is 1. The molecule has 0 aromatic rings. The molecule has 178 valence electrons. The summed E-state index contributed by atoms with van der Waals surface area (Å²) in [5.74, 6) is -0.745. The Balaban J connectivity index is 2.04. The summed E-state index contributed by atoms with van der Waals surface area (Å²) in [7, 11) is 0. The van der Waals surface area contributed by atoms with Crippen molar-refractivity contribution in [2.75, 3.05) is 5.88 Å². The minimum atomic E-state index is -1.61. The fourth-order valence-corrected chi connectivity index (χ4v) is 9.05. The fourth-order valence-electron chi connectivity index (χ4n) is 8.97. The van der Waals surface area contributed by atoms with Crippen molar-refractivity contribution in [3.05, 3.63) is 24.3 Å². The molecule has 6 nitrogen and oxygen atoms in total. The summed E-state index contributed by atoms with van der Waals surface area (Å²) >= 11 is 5.77. The third-order valence-corrected chi connectivity index (χ3v) is 10.1. The molecule has 3 aliphatic carbocycles. The molecule has 0 bridgehead atoms. The SMILES string of the molecule is C=C[C@@]1(C)CC(=O)[C@@]23C(C)(C)C4(O)C(NC(=O)CCl)C(O)C(C)(C)C(=CC[C@@]2(C)O1)[C@]43C. The van der Waals surface area contributed by atoms with Crippen LogP contribution in [0.2, 0.25) is 0 Å². The number of carbonyl (C=O) groups is 2. The first-order valence-electron chi connectivity index (χ1n) is 11.3. The molecule has 3 N–H and O–H groups in total. The van der Waals surface area contributed by atoms with Gasteiger partial charge in [-0.15, -0.1) is 18.2 Å². The minimum absolute atomic E-state index is 0.0195. The van der Waals surface area contributed by atoms with Crippen LogP contribution in [0.15, 0.2) is 24.3 Å². The van der Waals surface area contributed by atoms with E-state index in [1.165, 1.54) is 0 Å². The first kappa shape index (κ1) is 23.9. The Labute approximate surface area is 195 Å². The summed E-state index contributed by atoms with van der Waals surface area (Å²) in [5.41, 5.74) is -6.42. The van der Waals surface area contributed by atoms with Crippen molar-refractivity contribution in [3.8, 4) is 0 Å². The standard InChI is InChI=1S/C25H36ClNO5/c1-9-21(6)12-15(28)24-20(4,5)25(31)17(27-16(29)13-26)18(30)19(2,3)14(23(24,25)8)10-11-22(24,7)32-21/h9-10,17-18,30-31H,1,11-13H2,2-8H3,(H,27,29)/t17?,18?,21-,22+,23-,24+,25?/m0/s1. The van der Waals surface area contributed by atoms with Crippen molar-refractivity contribution >= 4 is 23.3 Å². The van der Waals surface area contributed by atoms with Crippen LogP contribution in [0.1, 0.15) is 61.3 Å². The van der Waals surface area contributed by atoms with Gasteiger partial charge < -0.3 is 20.3 Å². The van der Waals surface area contributed by atoms with Gasteiger partial charge in [-0.1, -0.05) is 52.3 Å². The second-order valence-electron chi connectivity index (χ2n) is 11.9. The normalized spacial score (nSPS) is 50.3. The van der Waals surface area contributed by atoms with Gasteiger partial charge in [0.25, 0.3) is 0 Å². The summed E-state index contributed by atoms with van der Waals surface area (Å²) in [4.78, 5) is 26.6. The zero-order chi connectivity index (χ0) is 24.3. The number of ether oxygens (including phenoxy) is 1. The second kappa shape index (κ2) is 6.26. The molecule has 1 spiro atoms. The molecule has 7 heteroatoms. The number of aliphatic hydroxyl groups excluding tert-OH is 1. The fraction of sp³-hybridized carbons (Fsp3) is 0.760. The highest BCUT2D eigenvalue weighted by Crippen LogP contribution is 2.86. The number of hydrogen-bond donors (Lipinski definition) is 3. The summed E-state index contributed by atoms with van der Waals surface area (Å²) < 4.78 is 6.69. The predicted molar refractivity (Wildman–Crippen MR) is 122 cm³/mol. The maximum atomic E-state index is 14.2. The predicted octanol–water partition coefficient (Wildman–Crippen LogP) is 2.90. The number of carbonyl (C=O) groups excluding carboxylic acids is 2. The molecule has 0 aromatic carbocycles. The maximum Gasteiger partial charge on any atom is 0.235 e. The molecule has 1 aliphatic heterocycles. The Kier molecular flexibility index (Phi) is 4.68. The van der Waals surface area contributed by atoms with E-state index in [1.54, 1.807) is 6.08 Å². The number of aliphatic hydroxyl groups is 2. The van der Waals surface area contributed by atoms with E-state index < -0.39 is 56.5 Å². The molecule has 1 saturated heterocycles. The average molecular weight is 466 g/mol. The van der Waals surface area contributed by atoms with Crippen LogP contribution in [0, 0.1) is 21.7 Å². The maximum absolute atomic E-state index is 14.2. The lowest BCUT2D eigenvalue weighted by Gasteiger charge is -2.87. The quantitative estimate of drug-likeness (QED) is 0.440. The molecule has 3 fully saturated rings. The molecule has 4 aliphatic rings. The van der Waals surface area contributed by atoms with Crippen molar-refractivity contribution in [1.29, 1.82) is 0 Å². The van der Waals surface area contributed by atoms with Crippen LogP contribution in [0.5, 0.6) is 0 Å². The van der Waals surface area contributed by atoms with E-state index in [2.05, 4.69) is 11.9 Å². The molecule has 1 amide bonds. The van der Waals surface area contributed by atoms with Gasteiger partial charge in [-0.05, 0) is 20.3 Å². The zero-order valence-corrected chi connectivity index (χ0v) is 20.9. The van der Waals surface area contributed by atoms with Gasteiger partial charge in [0, 0.05) is 22.7 Å². The molecule has 4 rings (SSSR count). The van der Waals surface area contributed by atoms with Gasteiger partial charge >= 0.3 is 0 Å². The van der Waals surface area contributed by atoms with E-state index in [1.807, 2.05) is 54.5 Å². The highest BCUT2D eigenvalue weighted by Gasteiger charge is 2.95. The van der Waals surface area contributed by atoms with Crippen LogP contribution in [-0.4, -0.2) is 56.7 Å². The number of nitrogens with one attached hydrogen (secondary N) is 1. The monoisotopic (exact) mass is 465 g/mol. The molecule has 2 saturated carbocycles. The lowest BCUT2D eigenvalue weighted by molar-refractivity contribution is -0.420. The van der Waals surface area contributed by atoms with Crippen molar-refractivity contribution in [2.45, 2.75) is 90.3 Å². The zero-order valence-electron chi connectivity index (χ0n) is 20.1. The van der Waals surface area contributed by atoms with Gasteiger partial charge in [0.15, 0.2) is 0 Å². The molecule has 3 unspecified atom stereocenters. The van der Waals surface area contributed by atoms with E-state index in [9.17, 15) is 19.8 Å². The molecular formula is C25H36ClNO5. The van der Waals surface area contributed by atoms with Gasteiger partial charge in [-0.3, -0.25) is 9.59 Å². The topological polar surface area (TPSA) is 95.9 Å². The minimum Gasteiger partial charge on any atom is -0.390 e. The van der Waals surface area contributed by atoms with E-state index in [-0.39, 0.29) is 18.1 Å². The lowest BCUT2D eigenvalue weighted by atomic mass is 9.18. The van der Waals surface area contributed by atoms with E-state index >= 15 is 0 Å². The Morgan fingerprint density at radius 1 is 1.28 bits per heavy atom. The Morgan fingerprint density at radius 3 is 2.41 bits per heavy atom. The first-order chi connectivity index (χ1) is 14.5. The van der Waals surface area contributed by atoms with Crippen LogP contribution in [0.4, 0.5) is 0 Å². The van der Waals surface area contributed by atoms with Gasteiger partial charge in [0.2, 0.25) is 5.91 Å². The van der Waals surface area contributed by atoms with Crippen molar-refractivity contribution in [3.63, 3.8) is 0 Å². The van der Waals surface area contributed by atoms with Crippen molar-refractivity contribution < 1.29 is 24.5 Å². The van der Waals surface area contributed by atoms with E-state index in [0.29, 0.717) is 6.42 Å². The molecule has 1 heterocycles. The van der Waals surface area contributed by atoms with Crippen LogP contribution < -0.4 is 5.32 Å². The third-order valence-electron chi connectivity index (χ3n) is 9.89. The number of rotatable bonds is 3. The summed E-state index contributed by atoms with van der Waals surface area (Å²) in [6, 6.07) is -1.01. The molecular weight excluding hydrogens is 430 g/mol. The summed E-state index contributed by atoms with van der Waals surface area (Å²) in [6.45, 7) is 17.1. The van der Waals surface area contributed by atoms with Crippen LogP contribution in [-0.2, 0) is 14.3 Å². The summed E-state index contributed by atoms with van der Waals surface area (Å²) in [6.07, 6.45) is 3.26. The molecule has 0 aromatic heterocycles. The van der Waals surface area contributed by atoms with Crippen LogP contribution in [0.25, 0.3) is 0 Å². The van der Waals surface area contributed by atoms with Crippen LogP contribution >= 0.6 is 11.6 Å². The number of ketones is 1. The van der Waals surface area contributed by atoms with Crippen LogP contribution in [0.3, 0.4) is 0 Å². The van der Waals surface area contributed by atoms with Crippen molar-refractivity contribution in [2.24, 2.45) is 21.7 Å². The Hall–Kier alpha value is -1.21. The number of hydrogen-bond acceptors (Lipinski definition) is 5. The molecule has 0 radical (unpaired) electrons. The average Bonchev–Trinajstić information content (AvgIpc) is 2.68. The highest BCUT2D eigenvalue weighted by molar-refractivity contribution is 6.27. The lowest BCUT2D eigenvalue weighted by Crippen LogP contribution is -2.97. The van der Waals surface area contributed by atoms with Crippen molar-refractivity contribution in [1.82, 2.24) is 5.32 Å². The first-order valence-corrected chi connectivity index (χ1v) is 11.9. The Morgan fingerprint density at radius 2 is 1.88 bits per heavy atom. The Bertz CT molecular complexity index is 958. The third kappa shape index (κ3) is 2.06. The van der Waals surface area contributed by atoms with Gasteiger partial charge in [0.1, 0.15) is 17.3 Å². The molecule has 32 heavy (non-hydrogen) atoms. The van der Waals surface area contributed by atoms with E-state index in [0.717, 1.165) is 5.57 Å². The van der Waals surface area contributed by atoms with Gasteiger partial charge in [0.05, 0.1) is 28.8 Å². The van der Waals surface area contributed by atoms with E-state index in [4.69, 9.17) is 16.3 Å². The van der Waals surface area contributed by atoms with Gasteiger partial charge in [-0.2, -0.15) is 0 Å². The number of halogens is 1. The number of amides is 1. The number of alkyl halides is 1. The van der Waals surface area contributed by atoms with Gasteiger partial charge in [-0.25, -0.2) is 0 Å². The smallest absolute Gasteiger partial charge is 0.235 e. The second-order valence-corrected chi connectivity index (χ2v) is 12.2. The molecule has 7 atom stereocenters. The largest absolute Gasteiger partial charge is 0.390 e. The summed E-state index contributed by atoms with van der Waals surface area (Å²) in [5, 5.41) is 26.7.